The third-order valence-corrected chi connectivity index (χ3v) is 3.39. The predicted molar refractivity (Wildman–Crippen MR) is 71.9 cm³/mol. The van der Waals surface area contributed by atoms with E-state index in [1.807, 2.05) is 11.9 Å². The monoisotopic (exact) mass is 266 g/mol. The molecule has 2 rings (SSSR count). The molecule has 5 heteroatoms. The van der Waals surface area contributed by atoms with Crippen LogP contribution in [0.4, 0.5) is 10.1 Å². The molecule has 1 aliphatic rings. The number of hydrogen-bond acceptors (Lipinski definition) is 3. The van der Waals surface area contributed by atoms with Crippen molar-refractivity contribution in [2.75, 3.05) is 18.5 Å². The Kier molecular flexibility index (Phi) is 3.75. The van der Waals surface area contributed by atoms with E-state index >= 15 is 0 Å². The van der Waals surface area contributed by atoms with Crippen molar-refractivity contribution in [3.8, 4) is 0 Å². The van der Waals surface area contributed by atoms with Gasteiger partial charge in [-0.1, -0.05) is 0 Å². The van der Waals surface area contributed by atoms with Crippen LogP contribution in [-0.4, -0.2) is 36.2 Å². The van der Waals surface area contributed by atoms with Gasteiger partial charge in [0.2, 0.25) is 0 Å². The first-order valence-corrected chi connectivity index (χ1v) is 6.38. The Labute approximate surface area is 112 Å². The highest BCUT2D eigenvalue weighted by Crippen LogP contribution is 2.24. The van der Waals surface area contributed by atoms with E-state index in [4.69, 9.17) is 0 Å². The van der Waals surface area contributed by atoms with Crippen LogP contribution < -0.4 is 10.2 Å². The molecule has 1 fully saturated rings. The minimum Gasteiger partial charge on any atom is -0.480 e. The van der Waals surface area contributed by atoms with E-state index in [-0.39, 0.29) is 5.82 Å². The van der Waals surface area contributed by atoms with Gasteiger partial charge in [0.15, 0.2) is 0 Å². The van der Waals surface area contributed by atoms with E-state index in [1.165, 1.54) is 12.1 Å². The van der Waals surface area contributed by atoms with E-state index in [9.17, 15) is 14.3 Å². The normalized spacial score (nSPS) is 17.8. The summed E-state index contributed by atoms with van der Waals surface area (Å²) in [5, 5.41) is 12.6. The molecule has 0 aliphatic heterocycles. The molecular weight excluding hydrogens is 247 g/mol. The maximum absolute atomic E-state index is 12.9. The summed E-state index contributed by atoms with van der Waals surface area (Å²) in [6.45, 7) is 2.01. The Morgan fingerprint density at radius 3 is 2.53 bits per heavy atom. The van der Waals surface area contributed by atoms with Gasteiger partial charge in [-0.05, 0) is 44.0 Å². The molecule has 0 saturated heterocycles. The Morgan fingerprint density at radius 1 is 1.47 bits per heavy atom. The number of rotatable bonds is 6. The molecule has 1 aromatic rings. The minimum absolute atomic E-state index is 0.297. The Hall–Kier alpha value is -1.62. The van der Waals surface area contributed by atoms with Crippen molar-refractivity contribution < 1.29 is 14.3 Å². The Bertz CT molecular complexity index is 459. The van der Waals surface area contributed by atoms with E-state index in [0.29, 0.717) is 12.6 Å². The number of carboxylic acids is 1. The number of anilines is 1. The third-order valence-electron chi connectivity index (χ3n) is 3.39. The standard InChI is InChI=1S/C14H19FN2O2/c1-14(13(18)19,16-11-5-6-11)9-17(2)12-7-3-10(15)4-8-12/h3-4,7-8,11,16H,5-6,9H2,1-2H3,(H,18,19). The Balaban J connectivity index is 2.07. The molecule has 0 spiro atoms. The van der Waals surface area contributed by atoms with Crippen LogP contribution >= 0.6 is 0 Å². The van der Waals surface area contributed by atoms with E-state index in [2.05, 4.69) is 5.32 Å². The first-order valence-electron chi connectivity index (χ1n) is 6.38. The van der Waals surface area contributed by atoms with Gasteiger partial charge in [0.25, 0.3) is 0 Å². The van der Waals surface area contributed by atoms with Crippen molar-refractivity contribution in [3.05, 3.63) is 30.1 Å². The highest BCUT2D eigenvalue weighted by molar-refractivity contribution is 5.79. The molecule has 1 unspecified atom stereocenters. The van der Waals surface area contributed by atoms with Crippen LogP contribution in [0, 0.1) is 5.82 Å². The third kappa shape index (κ3) is 3.44. The first kappa shape index (κ1) is 13.8. The van der Waals surface area contributed by atoms with Crippen LogP contribution in [0.1, 0.15) is 19.8 Å². The maximum Gasteiger partial charge on any atom is 0.325 e. The highest BCUT2D eigenvalue weighted by atomic mass is 19.1. The molecule has 1 aromatic carbocycles. The topological polar surface area (TPSA) is 52.6 Å². The zero-order valence-electron chi connectivity index (χ0n) is 11.2. The van der Waals surface area contributed by atoms with Crippen molar-refractivity contribution >= 4 is 11.7 Å². The second kappa shape index (κ2) is 5.17. The van der Waals surface area contributed by atoms with Gasteiger partial charge in [-0.3, -0.25) is 10.1 Å². The number of benzene rings is 1. The molecule has 19 heavy (non-hydrogen) atoms. The van der Waals surface area contributed by atoms with E-state index in [0.717, 1.165) is 18.5 Å². The number of carboxylic acid groups (broad SMARTS) is 1. The number of aliphatic carboxylic acids is 1. The van der Waals surface area contributed by atoms with Gasteiger partial charge in [0.05, 0.1) is 0 Å². The average molecular weight is 266 g/mol. The second-order valence-electron chi connectivity index (χ2n) is 5.39. The molecule has 0 heterocycles. The molecule has 1 atom stereocenters. The summed E-state index contributed by atoms with van der Waals surface area (Å²) < 4.78 is 12.9. The zero-order chi connectivity index (χ0) is 14.0. The zero-order valence-corrected chi connectivity index (χ0v) is 11.2. The molecule has 0 radical (unpaired) electrons. The molecule has 0 amide bonds. The second-order valence-corrected chi connectivity index (χ2v) is 5.39. The van der Waals surface area contributed by atoms with E-state index < -0.39 is 11.5 Å². The first-order chi connectivity index (χ1) is 8.90. The number of halogens is 1. The fraction of sp³-hybridized carbons (Fsp3) is 0.500. The lowest BCUT2D eigenvalue weighted by molar-refractivity contribution is -0.143. The van der Waals surface area contributed by atoms with Gasteiger partial charge in [-0.15, -0.1) is 0 Å². The van der Waals surface area contributed by atoms with Crippen molar-refractivity contribution in [2.45, 2.75) is 31.3 Å². The van der Waals surface area contributed by atoms with Crippen LogP contribution in [-0.2, 0) is 4.79 Å². The molecule has 1 aliphatic carbocycles. The van der Waals surface area contributed by atoms with Crippen LogP contribution in [0.2, 0.25) is 0 Å². The molecule has 4 nitrogen and oxygen atoms in total. The summed E-state index contributed by atoms with van der Waals surface area (Å²) in [6.07, 6.45) is 2.06. The smallest absolute Gasteiger partial charge is 0.325 e. The summed E-state index contributed by atoms with van der Waals surface area (Å²) in [6, 6.07) is 6.35. The van der Waals surface area contributed by atoms with Crippen LogP contribution in [0.15, 0.2) is 24.3 Å². The minimum atomic E-state index is -0.996. The number of likely N-dealkylation sites (N-methyl/N-ethyl adjacent to an activating group) is 1. The van der Waals surface area contributed by atoms with Crippen LogP contribution in [0.3, 0.4) is 0 Å². The van der Waals surface area contributed by atoms with Crippen molar-refractivity contribution in [3.63, 3.8) is 0 Å². The summed E-state index contributed by atoms with van der Waals surface area (Å²) in [5.41, 5.74) is -0.198. The van der Waals surface area contributed by atoms with Gasteiger partial charge in [0, 0.05) is 25.3 Å². The largest absolute Gasteiger partial charge is 0.480 e. The molecule has 0 bridgehead atoms. The van der Waals surface area contributed by atoms with Gasteiger partial charge in [-0.2, -0.15) is 0 Å². The summed E-state index contributed by atoms with van der Waals surface area (Å²) in [4.78, 5) is 13.3. The summed E-state index contributed by atoms with van der Waals surface area (Å²) in [5.74, 6) is -1.16. The highest BCUT2D eigenvalue weighted by Gasteiger charge is 2.39. The number of carbonyl (C=O) groups is 1. The average Bonchev–Trinajstić information content (AvgIpc) is 3.13. The van der Waals surface area contributed by atoms with Crippen molar-refractivity contribution in [1.29, 1.82) is 0 Å². The number of nitrogens with zero attached hydrogens (tertiary/aromatic N) is 1. The van der Waals surface area contributed by atoms with Gasteiger partial charge in [0.1, 0.15) is 11.4 Å². The van der Waals surface area contributed by atoms with Gasteiger partial charge in [-0.25, -0.2) is 4.39 Å². The van der Waals surface area contributed by atoms with Crippen LogP contribution in [0.25, 0.3) is 0 Å². The fourth-order valence-corrected chi connectivity index (χ4v) is 2.11. The van der Waals surface area contributed by atoms with Gasteiger partial charge < -0.3 is 10.0 Å². The number of nitrogens with one attached hydrogen (secondary N) is 1. The summed E-state index contributed by atoms with van der Waals surface area (Å²) >= 11 is 0. The fourth-order valence-electron chi connectivity index (χ4n) is 2.11. The SMILES string of the molecule is CN(CC(C)(NC1CC1)C(=O)O)c1ccc(F)cc1. The van der Waals surface area contributed by atoms with Gasteiger partial charge >= 0.3 is 5.97 Å². The summed E-state index contributed by atoms with van der Waals surface area (Å²) in [7, 11) is 1.81. The predicted octanol–water partition coefficient (Wildman–Crippen LogP) is 1.86. The lowest BCUT2D eigenvalue weighted by Gasteiger charge is -2.32. The molecule has 0 aromatic heterocycles. The lowest BCUT2D eigenvalue weighted by Crippen LogP contribution is -2.57. The number of hydrogen-bond donors (Lipinski definition) is 2. The lowest BCUT2D eigenvalue weighted by atomic mass is 10.0. The van der Waals surface area contributed by atoms with Crippen molar-refractivity contribution in [2.24, 2.45) is 0 Å². The Morgan fingerprint density at radius 2 is 2.05 bits per heavy atom. The van der Waals surface area contributed by atoms with E-state index in [1.54, 1.807) is 19.1 Å². The van der Waals surface area contributed by atoms with Crippen LogP contribution in [0.5, 0.6) is 0 Å². The van der Waals surface area contributed by atoms with Crippen molar-refractivity contribution in [1.82, 2.24) is 5.32 Å². The molecule has 2 N–H and O–H groups in total. The molecule has 1 saturated carbocycles. The molecule has 104 valence electrons. The quantitative estimate of drug-likeness (QED) is 0.825. The molecular formula is C14H19FN2O2. The maximum atomic E-state index is 12.9.